The Morgan fingerprint density at radius 3 is 2.23 bits per heavy atom. The first-order chi connectivity index (χ1) is 12.5. The predicted octanol–water partition coefficient (Wildman–Crippen LogP) is 5.19. The van der Waals surface area contributed by atoms with Gasteiger partial charge in [0.1, 0.15) is 11.4 Å². The summed E-state index contributed by atoms with van der Waals surface area (Å²) in [5, 5.41) is 13.0. The molecule has 0 saturated carbocycles. The number of aromatic nitrogens is 2. The van der Waals surface area contributed by atoms with Gasteiger partial charge in [-0.3, -0.25) is 0 Å². The summed E-state index contributed by atoms with van der Waals surface area (Å²) >= 11 is 12.5. The van der Waals surface area contributed by atoms with Gasteiger partial charge in [0.25, 0.3) is 0 Å². The highest BCUT2D eigenvalue weighted by Crippen LogP contribution is 2.41. The number of hydrogen-bond donors (Lipinski definition) is 1. The summed E-state index contributed by atoms with van der Waals surface area (Å²) in [6.45, 7) is 4.02. The molecule has 26 heavy (non-hydrogen) atoms. The monoisotopic (exact) mass is 386 g/mol. The number of aryl methyl sites for hydroxylation is 2. The molecule has 1 heterocycles. The van der Waals surface area contributed by atoms with Crippen LogP contribution < -0.4 is 0 Å². The molecule has 0 aliphatic carbocycles. The standard InChI is InChI=1S/C21H20Cl2N2O/c1-3-19-17(13-24-20(4-2)25-19)21(26,14-9-11-15(22)12-10-14)16-7-5-6-8-18(16)23/h5-13,26H,3-4H2,1-2H3. The van der Waals surface area contributed by atoms with Gasteiger partial charge in [-0.05, 0) is 30.2 Å². The van der Waals surface area contributed by atoms with E-state index in [2.05, 4.69) is 9.97 Å². The molecule has 0 fully saturated rings. The highest BCUT2D eigenvalue weighted by atomic mass is 35.5. The molecule has 0 radical (unpaired) electrons. The summed E-state index contributed by atoms with van der Waals surface area (Å²) in [4.78, 5) is 9.06. The zero-order valence-electron chi connectivity index (χ0n) is 14.7. The minimum atomic E-state index is -1.47. The quantitative estimate of drug-likeness (QED) is 0.655. The molecule has 0 aliphatic heterocycles. The van der Waals surface area contributed by atoms with E-state index in [9.17, 15) is 5.11 Å². The lowest BCUT2D eigenvalue weighted by Gasteiger charge is -2.32. The fraction of sp³-hybridized carbons (Fsp3) is 0.238. The molecule has 1 unspecified atom stereocenters. The van der Waals surface area contributed by atoms with Crippen LogP contribution in [0.3, 0.4) is 0 Å². The second-order valence-corrected chi connectivity index (χ2v) is 6.89. The van der Waals surface area contributed by atoms with E-state index in [-0.39, 0.29) is 0 Å². The van der Waals surface area contributed by atoms with Crippen LogP contribution in [0.1, 0.15) is 42.1 Å². The van der Waals surface area contributed by atoms with Crippen LogP contribution in [0.2, 0.25) is 10.0 Å². The number of nitrogens with zero attached hydrogens (tertiary/aromatic N) is 2. The first kappa shape index (κ1) is 18.8. The van der Waals surface area contributed by atoms with Gasteiger partial charge in [0.05, 0.1) is 5.69 Å². The van der Waals surface area contributed by atoms with Crippen LogP contribution in [0, 0.1) is 0 Å². The number of hydrogen-bond acceptors (Lipinski definition) is 3. The van der Waals surface area contributed by atoms with Crippen LogP contribution in [0.4, 0.5) is 0 Å². The fourth-order valence-electron chi connectivity index (χ4n) is 3.10. The topological polar surface area (TPSA) is 46.0 Å². The van der Waals surface area contributed by atoms with Crippen LogP contribution >= 0.6 is 23.2 Å². The summed E-state index contributed by atoms with van der Waals surface area (Å²) in [5.41, 5.74) is 1.21. The number of aliphatic hydroxyl groups is 1. The molecule has 5 heteroatoms. The van der Waals surface area contributed by atoms with Crippen molar-refractivity contribution >= 4 is 23.2 Å². The van der Waals surface area contributed by atoms with Crippen molar-refractivity contribution in [1.29, 1.82) is 0 Å². The molecule has 0 spiro atoms. The molecule has 0 bridgehead atoms. The Morgan fingerprint density at radius 2 is 1.62 bits per heavy atom. The molecule has 134 valence electrons. The zero-order valence-corrected chi connectivity index (χ0v) is 16.2. The van der Waals surface area contributed by atoms with Crippen molar-refractivity contribution in [3.63, 3.8) is 0 Å². The Labute approximate surface area is 163 Å². The molecule has 0 amide bonds. The first-order valence-corrected chi connectivity index (χ1v) is 9.35. The van der Waals surface area contributed by atoms with Gasteiger partial charge in [0.15, 0.2) is 0 Å². The minimum Gasteiger partial charge on any atom is -0.376 e. The second kappa shape index (κ2) is 7.75. The molecule has 1 aromatic heterocycles. The maximum atomic E-state index is 12.0. The van der Waals surface area contributed by atoms with Gasteiger partial charge in [-0.15, -0.1) is 0 Å². The van der Waals surface area contributed by atoms with E-state index in [1.54, 1.807) is 36.5 Å². The van der Waals surface area contributed by atoms with Crippen LogP contribution in [-0.2, 0) is 18.4 Å². The molecule has 1 atom stereocenters. The zero-order chi connectivity index (χ0) is 18.7. The molecular weight excluding hydrogens is 367 g/mol. The second-order valence-electron chi connectivity index (χ2n) is 6.05. The molecule has 0 aliphatic rings. The maximum absolute atomic E-state index is 12.0. The number of rotatable bonds is 5. The van der Waals surface area contributed by atoms with Gasteiger partial charge in [-0.2, -0.15) is 0 Å². The molecule has 3 rings (SSSR count). The average Bonchev–Trinajstić information content (AvgIpc) is 2.67. The van der Waals surface area contributed by atoms with Crippen LogP contribution in [0.5, 0.6) is 0 Å². The lowest BCUT2D eigenvalue weighted by molar-refractivity contribution is 0.124. The van der Waals surface area contributed by atoms with Crippen molar-refractivity contribution in [3.8, 4) is 0 Å². The normalized spacial score (nSPS) is 13.4. The summed E-state index contributed by atoms with van der Waals surface area (Å²) in [6.07, 6.45) is 3.12. The van der Waals surface area contributed by atoms with Crippen molar-refractivity contribution in [1.82, 2.24) is 9.97 Å². The first-order valence-electron chi connectivity index (χ1n) is 8.59. The Hall–Kier alpha value is -1.94. The van der Waals surface area contributed by atoms with Crippen molar-refractivity contribution in [2.45, 2.75) is 32.3 Å². The Morgan fingerprint density at radius 1 is 0.923 bits per heavy atom. The number of halogens is 2. The molecule has 1 N–H and O–H groups in total. The van der Waals surface area contributed by atoms with Gasteiger partial charge in [-0.25, -0.2) is 9.97 Å². The number of benzene rings is 2. The van der Waals surface area contributed by atoms with E-state index in [0.29, 0.717) is 33.2 Å². The summed E-state index contributed by atoms with van der Waals surface area (Å²) in [5.74, 6) is 0.753. The van der Waals surface area contributed by atoms with Gasteiger partial charge >= 0.3 is 0 Å². The molecule has 0 saturated heterocycles. The molecule has 3 nitrogen and oxygen atoms in total. The van der Waals surface area contributed by atoms with Crippen molar-refractivity contribution in [3.05, 3.63) is 93.0 Å². The lowest BCUT2D eigenvalue weighted by atomic mass is 9.80. The van der Waals surface area contributed by atoms with Crippen LogP contribution in [-0.4, -0.2) is 15.1 Å². The highest BCUT2D eigenvalue weighted by molar-refractivity contribution is 6.31. The lowest BCUT2D eigenvalue weighted by Crippen LogP contribution is -2.31. The Balaban J connectivity index is 2.32. The third-order valence-corrected chi connectivity index (χ3v) is 5.07. The van der Waals surface area contributed by atoms with E-state index in [4.69, 9.17) is 23.2 Å². The molecular formula is C21H20Cl2N2O. The summed E-state index contributed by atoms with van der Waals surface area (Å²) < 4.78 is 0. The van der Waals surface area contributed by atoms with Crippen LogP contribution in [0.25, 0.3) is 0 Å². The van der Waals surface area contributed by atoms with E-state index < -0.39 is 5.60 Å². The van der Waals surface area contributed by atoms with Crippen LogP contribution in [0.15, 0.2) is 54.7 Å². The maximum Gasteiger partial charge on any atom is 0.145 e. The van der Waals surface area contributed by atoms with Crippen molar-refractivity contribution in [2.75, 3.05) is 0 Å². The van der Waals surface area contributed by atoms with Crippen molar-refractivity contribution in [2.24, 2.45) is 0 Å². The smallest absolute Gasteiger partial charge is 0.145 e. The van der Waals surface area contributed by atoms with Gasteiger partial charge in [-0.1, -0.05) is 67.4 Å². The van der Waals surface area contributed by atoms with Gasteiger partial charge < -0.3 is 5.11 Å². The van der Waals surface area contributed by atoms with E-state index in [0.717, 1.165) is 17.9 Å². The summed E-state index contributed by atoms with van der Waals surface area (Å²) in [7, 11) is 0. The predicted molar refractivity (Wildman–Crippen MR) is 106 cm³/mol. The van der Waals surface area contributed by atoms with E-state index in [1.807, 2.05) is 32.0 Å². The third-order valence-electron chi connectivity index (χ3n) is 4.48. The Kier molecular flexibility index (Phi) is 5.61. The van der Waals surface area contributed by atoms with E-state index in [1.165, 1.54) is 0 Å². The third kappa shape index (κ3) is 3.35. The van der Waals surface area contributed by atoms with Gasteiger partial charge in [0, 0.05) is 33.8 Å². The van der Waals surface area contributed by atoms with Crippen molar-refractivity contribution < 1.29 is 5.11 Å². The Bertz CT molecular complexity index is 912. The largest absolute Gasteiger partial charge is 0.376 e. The fourth-order valence-corrected chi connectivity index (χ4v) is 3.50. The minimum absolute atomic E-state index is 0.478. The summed E-state index contributed by atoms with van der Waals surface area (Å²) in [6, 6.07) is 14.4. The van der Waals surface area contributed by atoms with Gasteiger partial charge in [0.2, 0.25) is 0 Å². The SMILES string of the molecule is CCc1ncc(C(O)(c2ccc(Cl)cc2)c2ccccc2Cl)c(CC)n1. The van der Waals surface area contributed by atoms with E-state index >= 15 is 0 Å². The average molecular weight is 387 g/mol. The molecule has 3 aromatic rings. The molecule has 2 aromatic carbocycles. The highest BCUT2D eigenvalue weighted by Gasteiger charge is 2.38.